The maximum Gasteiger partial charge on any atom is 0.254 e. The number of hydrogen-bond donors (Lipinski definition) is 2. The second-order valence-electron chi connectivity index (χ2n) is 6.17. The van der Waals surface area contributed by atoms with Crippen LogP contribution < -0.4 is 15.4 Å². The van der Waals surface area contributed by atoms with E-state index in [1.165, 1.54) is 19.2 Å². The second kappa shape index (κ2) is 9.77. The van der Waals surface area contributed by atoms with Gasteiger partial charge in [0.1, 0.15) is 11.6 Å². The van der Waals surface area contributed by atoms with Crippen molar-refractivity contribution in [3.63, 3.8) is 0 Å². The molecule has 5 nitrogen and oxygen atoms in total. The van der Waals surface area contributed by atoms with Gasteiger partial charge in [-0.25, -0.2) is 13.2 Å². The number of nitrogens with one attached hydrogen (secondary N) is 2. The third kappa shape index (κ3) is 5.73. The Morgan fingerprint density at radius 1 is 1.07 bits per heavy atom. The molecule has 28 heavy (non-hydrogen) atoms. The molecule has 2 N–H and O–H groups in total. The Bertz CT molecular complexity index is 859. The van der Waals surface area contributed by atoms with Gasteiger partial charge in [-0.3, -0.25) is 9.59 Å². The van der Waals surface area contributed by atoms with Crippen LogP contribution in [-0.2, 0) is 4.79 Å². The lowest BCUT2D eigenvalue weighted by atomic mass is 10.1. The maximum atomic E-state index is 13.7. The molecule has 0 aliphatic carbocycles. The summed E-state index contributed by atoms with van der Waals surface area (Å²) in [7, 11) is 1.37. The summed E-state index contributed by atoms with van der Waals surface area (Å²) in [4.78, 5) is 23.8. The summed E-state index contributed by atoms with van der Waals surface area (Å²) in [6, 6.07) is 6.71. The van der Waals surface area contributed by atoms with Crippen molar-refractivity contribution < 1.29 is 27.5 Å². The van der Waals surface area contributed by atoms with Crippen LogP contribution in [0.25, 0.3) is 0 Å². The SMILES string of the molecule is COc1ccc(C(C)NC(=O)CCCNC(=O)c2ccc(F)cc2F)cc1F. The zero-order chi connectivity index (χ0) is 20.7. The quantitative estimate of drug-likeness (QED) is 0.674. The zero-order valence-corrected chi connectivity index (χ0v) is 15.5. The van der Waals surface area contributed by atoms with Crippen molar-refractivity contribution in [2.24, 2.45) is 0 Å². The van der Waals surface area contributed by atoms with Crippen molar-refractivity contribution in [2.45, 2.75) is 25.8 Å². The molecule has 0 saturated carbocycles. The lowest BCUT2D eigenvalue weighted by Crippen LogP contribution is -2.29. The van der Waals surface area contributed by atoms with Crippen molar-refractivity contribution in [2.75, 3.05) is 13.7 Å². The molecule has 2 aromatic rings. The highest BCUT2D eigenvalue weighted by Gasteiger charge is 2.14. The van der Waals surface area contributed by atoms with Crippen LogP contribution in [0.1, 0.15) is 41.7 Å². The fraction of sp³-hybridized carbons (Fsp3) is 0.300. The first-order chi connectivity index (χ1) is 13.3. The summed E-state index contributed by atoms with van der Waals surface area (Å²) in [5.41, 5.74) is 0.327. The number of hydrogen-bond acceptors (Lipinski definition) is 3. The van der Waals surface area contributed by atoms with E-state index in [1.807, 2.05) is 0 Å². The first-order valence-electron chi connectivity index (χ1n) is 8.68. The Balaban J connectivity index is 1.76. The normalized spacial score (nSPS) is 11.6. The summed E-state index contributed by atoms with van der Waals surface area (Å²) in [5, 5.41) is 5.21. The lowest BCUT2D eigenvalue weighted by Gasteiger charge is -2.15. The molecule has 150 valence electrons. The Hall–Kier alpha value is -3.03. The molecule has 8 heteroatoms. The van der Waals surface area contributed by atoms with Crippen molar-refractivity contribution in [1.29, 1.82) is 0 Å². The van der Waals surface area contributed by atoms with E-state index < -0.39 is 29.4 Å². The molecule has 0 aliphatic heterocycles. The highest BCUT2D eigenvalue weighted by Crippen LogP contribution is 2.21. The van der Waals surface area contributed by atoms with Crippen molar-refractivity contribution in [3.05, 3.63) is 65.0 Å². The van der Waals surface area contributed by atoms with Gasteiger partial charge in [-0.05, 0) is 43.2 Å². The van der Waals surface area contributed by atoms with Gasteiger partial charge in [0.2, 0.25) is 5.91 Å². The molecular formula is C20H21F3N2O3. The average molecular weight is 394 g/mol. The highest BCUT2D eigenvalue weighted by molar-refractivity contribution is 5.94. The molecule has 2 aromatic carbocycles. The Kier molecular flexibility index (Phi) is 7.43. The van der Waals surface area contributed by atoms with Crippen LogP contribution in [0, 0.1) is 17.5 Å². The van der Waals surface area contributed by atoms with Gasteiger partial charge in [-0.1, -0.05) is 6.07 Å². The van der Waals surface area contributed by atoms with E-state index >= 15 is 0 Å². The Morgan fingerprint density at radius 2 is 1.82 bits per heavy atom. The van der Waals surface area contributed by atoms with E-state index in [-0.39, 0.29) is 30.2 Å². The third-order valence-corrected chi connectivity index (χ3v) is 4.10. The third-order valence-electron chi connectivity index (χ3n) is 4.10. The minimum atomic E-state index is -0.948. The van der Waals surface area contributed by atoms with Gasteiger partial charge < -0.3 is 15.4 Å². The molecule has 2 rings (SSSR count). The predicted molar refractivity (Wildman–Crippen MR) is 97.4 cm³/mol. The lowest BCUT2D eigenvalue weighted by molar-refractivity contribution is -0.121. The number of rotatable bonds is 8. The monoisotopic (exact) mass is 394 g/mol. The second-order valence-corrected chi connectivity index (χ2v) is 6.17. The van der Waals surface area contributed by atoms with Gasteiger partial charge >= 0.3 is 0 Å². The summed E-state index contributed by atoms with van der Waals surface area (Å²) in [6.07, 6.45) is 0.444. The molecule has 1 atom stereocenters. The van der Waals surface area contributed by atoms with Gasteiger partial charge in [0.05, 0.1) is 18.7 Å². The van der Waals surface area contributed by atoms with Crippen LogP contribution in [0.4, 0.5) is 13.2 Å². The highest BCUT2D eigenvalue weighted by atomic mass is 19.1. The number of amides is 2. The molecule has 0 bridgehead atoms. The van der Waals surface area contributed by atoms with Gasteiger partial charge in [0.25, 0.3) is 5.91 Å². The van der Waals surface area contributed by atoms with E-state index in [0.29, 0.717) is 18.1 Å². The fourth-order valence-corrected chi connectivity index (χ4v) is 2.57. The minimum Gasteiger partial charge on any atom is -0.494 e. The van der Waals surface area contributed by atoms with Gasteiger partial charge in [-0.15, -0.1) is 0 Å². The molecular weight excluding hydrogens is 373 g/mol. The van der Waals surface area contributed by atoms with Gasteiger partial charge in [-0.2, -0.15) is 0 Å². The first kappa shape index (κ1) is 21.3. The predicted octanol–water partition coefficient (Wildman–Crippen LogP) is 3.50. The molecule has 0 aromatic heterocycles. The van der Waals surface area contributed by atoms with Crippen molar-refractivity contribution >= 4 is 11.8 Å². The molecule has 0 aliphatic rings. The summed E-state index contributed by atoms with van der Waals surface area (Å²) in [5.74, 6) is -3.06. The molecule has 2 amide bonds. The van der Waals surface area contributed by atoms with Crippen LogP contribution in [-0.4, -0.2) is 25.5 Å². The summed E-state index contributed by atoms with van der Waals surface area (Å²) in [6.45, 7) is 1.87. The van der Waals surface area contributed by atoms with E-state index in [9.17, 15) is 22.8 Å². The van der Waals surface area contributed by atoms with Crippen LogP contribution >= 0.6 is 0 Å². The standard InChI is InChI=1S/C20H21F3N2O3/c1-12(13-5-8-18(28-2)17(23)10-13)25-19(26)4-3-9-24-20(27)15-7-6-14(21)11-16(15)22/h5-8,10-12H,3-4,9H2,1-2H3,(H,24,27)(H,25,26). The number of ether oxygens (including phenoxy) is 1. The molecule has 0 spiro atoms. The molecule has 0 fully saturated rings. The molecule has 0 heterocycles. The first-order valence-corrected chi connectivity index (χ1v) is 8.68. The fourth-order valence-electron chi connectivity index (χ4n) is 2.57. The molecule has 1 unspecified atom stereocenters. The smallest absolute Gasteiger partial charge is 0.254 e. The van der Waals surface area contributed by atoms with Crippen LogP contribution in [0.3, 0.4) is 0 Å². The van der Waals surface area contributed by atoms with Crippen LogP contribution in [0.5, 0.6) is 5.75 Å². The van der Waals surface area contributed by atoms with Crippen LogP contribution in [0.2, 0.25) is 0 Å². The van der Waals surface area contributed by atoms with E-state index in [4.69, 9.17) is 4.74 Å². The van der Waals surface area contributed by atoms with E-state index in [0.717, 1.165) is 12.1 Å². The number of carbonyl (C=O) groups excluding carboxylic acids is 2. The van der Waals surface area contributed by atoms with E-state index in [2.05, 4.69) is 10.6 Å². The van der Waals surface area contributed by atoms with Crippen molar-refractivity contribution in [3.8, 4) is 5.75 Å². The Labute approximate surface area is 160 Å². The molecule has 0 saturated heterocycles. The van der Waals surface area contributed by atoms with Crippen molar-refractivity contribution in [1.82, 2.24) is 10.6 Å². The van der Waals surface area contributed by atoms with E-state index in [1.54, 1.807) is 13.0 Å². The van der Waals surface area contributed by atoms with Gasteiger partial charge in [0, 0.05) is 19.0 Å². The average Bonchev–Trinajstić information content (AvgIpc) is 2.64. The number of methoxy groups -OCH3 is 1. The number of benzene rings is 2. The largest absolute Gasteiger partial charge is 0.494 e. The van der Waals surface area contributed by atoms with Crippen LogP contribution in [0.15, 0.2) is 36.4 Å². The maximum absolute atomic E-state index is 13.7. The minimum absolute atomic E-state index is 0.120. The summed E-state index contributed by atoms with van der Waals surface area (Å²) < 4.78 is 45.0. The van der Waals surface area contributed by atoms with Gasteiger partial charge in [0.15, 0.2) is 11.6 Å². The number of carbonyl (C=O) groups is 2. The summed E-state index contributed by atoms with van der Waals surface area (Å²) >= 11 is 0. The number of halogens is 3. The molecule has 0 radical (unpaired) electrons. The zero-order valence-electron chi connectivity index (χ0n) is 15.5. The topological polar surface area (TPSA) is 67.4 Å². The Morgan fingerprint density at radius 3 is 2.46 bits per heavy atom.